The molecule has 0 radical (unpaired) electrons. The Morgan fingerprint density at radius 3 is 2.39 bits per heavy atom. The molecule has 0 spiro atoms. The van der Waals surface area contributed by atoms with Crippen LogP contribution >= 0.6 is 0 Å². The molecule has 1 aliphatic rings. The molecule has 2 unspecified atom stereocenters. The third-order valence-electron chi connectivity index (χ3n) is 3.30. The van der Waals surface area contributed by atoms with Crippen molar-refractivity contribution in [1.29, 1.82) is 0 Å². The Kier molecular flexibility index (Phi) is 3.97. The van der Waals surface area contributed by atoms with Crippen molar-refractivity contribution in [2.24, 2.45) is 5.41 Å². The van der Waals surface area contributed by atoms with E-state index in [4.69, 9.17) is 5.11 Å². The number of halogens is 3. The molecule has 0 aromatic carbocycles. The Morgan fingerprint density at radius 1 is 1.39 bits per heavy atom. The molecular weight excluding hydrogens is 275 g/mol. The maximum Gasteiger partial charge on any atom is 0.511 e. The van der Waals surface area contributed by atoms with Crippen molar-refractivity contribution in [3.8, 4) is 0 Å². The second-order valence-electron chi connectivity index (χ2n) is 4.59. The predicted octanol–water partition coefficient (Wildman–Crippen LogP) is 1.46. The minimum Gasteiger partial charge on any atom is -0.481 e. The normalized spacial score (nSPS) is 30.1. The van der Waals surface area contributed by atoms with E-state index in [-0.39, 0.29) is 12.8 Å². The van der Waals surface area contributed by atoms with Gasteiger partial charge in [-0.05, 0) is 19.8 Å². The summed E-state index contributed by atoms with van der Waals surface area (Å²) in [5, 5.41) is 9.05. The van der Waals surface area contributed by atoms with Gasteiger partial charge in [0, 0.05) is 6.04 Å². The first-order valence-corrected chi connectivity index (χ1v) is 6.81. The maximum absolute atomic E-state index is 12.2. The van der Waals surface area contributed by atoms with E-state index in [9.17, 15) is 26.4 Å². The van der Waals surface area contributed by atoms with Crippen LogP contribution in [0.3, 0.4) is 0 Å². The van der Waals surface area contributed by atoms with Gasteiger partial charge in [-0.25, -0.2) is 13.1 Å². The van der Waals surface area contributed by atoms with E-state index in [0.717, 1.165) is 0 Å². The van der Waals surface area contributed by atoms with E-state index < -0.39 is 33.0 Å². The summed E-state index contributed by atoms with van der Waals surface area (Å²) in [7, 11) is -5.52. The summed E-state index contributed by atoms with van der Waals surface area (Å²) < 4.78 is 60.2. The van der Waals surface area contributed by atoms with Gasteiger partial charge in [-0.3, -0.25) is 4.79 Å². The monoisotopic (exact) mass is 289 g/mol. The van der Waals surface area contributed by atoms with Gasteiger partial charge in [-0.2, -0.15) is 13.2 Å². The molecule has 0 heterocycles. The fourth-order valence-electron chi connectivity index (χ4n) is 2.03. The molecule has 18 heavy (non-hydrogen) atoms. The van der Waals surface area contributed by atoms with Crippen molar-refractivity contribution >= 4 is 16.0 Å². The van der Waals surface area contributed by atoms with Crippen LogP contribution in [0.4, 0.5) is 13.2 Å². The van der Waals surface area contributed by atoms with Gasteiger partial charge in [-0.1, -0.05) is 12.8 Å². The molecule has 0 aliphatic heterocycles. The van der Waals surface area contributed by atoms with E-state index in [2.05, 4.69) is 0 Å². The summed E-state index contributed by atoms with van der Waals surface area (Å²) in [4.78, 5) is 11.1. The third kappa shape index (κ3) is 2.77. The summed E-state index contributed by atoms with van der Waals surface area (Å²) in [6, 6.07) is -1.24. The topological polar surface area (TPSA) is 83.5 Å². The lowest BCUT2D eigenvalue weighted by Crippen LogP contribution is -2.54. The molecule has 2 N–H and O–H groups in total. The van der Waals surface area contributed by atoms with Crippen LogP contribution in [-0.4, -0.2) is 31.0 Å². The van der Waals surface area contributed by atoms with Crippen LogP contribution in [-0.2, 0) is 14.8 Å². The predicted molar refractivity (Wildman–Crippen MR) is 56.1 cm³/mol. The lowest BCUT2D eigenvalue weighted by Gasteiger charge is -2.38. The minimum absolute atomic E-state index is 0.0815. The zero-order valence-electron chi connectivity index (χ0n) is 9.62. The van der Waals surface area contributed by atoms with Crippen molar-refractivity contribution in [2.45, 2.75) is 44.2 Å². The standard InChI is InChI=1S/C9H14F3NO4S/c1-8(7(14)15)5-3-2-4-6(8)13-18(16,17)9(10,11)12/h6,13H,2-5H2,1H3,(H,14,15). The van der Waals surface area contributed by atoms with Gasteiger partial charge in [0.15, 0.2) is 0 Å². The van der Waals surface area contributed by atoms with Crippen molar-refractivity contribution in [2.75, 3.05) is 0 Å². The van der Waals surface area contributed by atoms with Gasteiger partial charge < -0.3 is 5.11 Å². The first-order valence-electron chi connectivity index (χ1n) is 5.33. The number of rotatable bonds is 3. The highest BCUT2D eigenvalue weighted by Gasteiger charge is 2.51. The average molecular weight is 289 g/mol. The summed E-state index contributed by atoms with van der Waals surface area (Å²) >= 11 is 0. The zero-order valence-corrected chi connectivity index (χ0v) is 10.4. The Hall–Kier alpha value is -0.830. The van der Waals surface area contributed by atoms with E-state index in [1.165, 1.54) is 11.6 Å². The second kappa shape index (κ2) is 4.69. The first-order chi connectivity index (χ1) is 8.01. The number of carbonyl (C=O) groups is 1. The van der Waals surface area contributed by atoms with Crippen LogP contribution < -0.4 is 4.72 Å². The van der Waals surface area contributed by atoms with Crippen LogP contribution in [0.5, 0.6) is 0 Å². The molecule has 9 heteroatoms. The molecule has 0 saturated heterocycles. The number of hydrogen-bond donors (Lipinski definition) is 2. The third-order valence-corrected chi connectivity index (χ3v) is 4.50. The van der Waals surface area contributed by atoms with Crippen LogP contribution in [0.2, 0.25) is 0 Å². The number of sulfonamides is 1. The van der Waals surface area contributed by atoms with Crippen LogP contribution in [0.1, 0.15) is 32.6 Å². The van der Waals surface area contributed by atoms with Gasteiger partial charge in [0.1, 0.15) is 0 Å². The largest absolute Gasteiger partial charge is 0.511 e. The Bertz CT molecular complexity index is 434. The fraction of sp³-hybridized carbons (Fsp3) is 0.889. The minimum atomic E-state index is -5.52. The lowest BCUT2D eigenvalue weighted by atomic mass is 9.72. The van der Waals surface area contributed by atoms with E-state index in [0.29, 0.717) is 12.8 Å². The summed E-state index contributed by atoms with van der Waals surface area (Å²) in [6.07, 6.45) is 1.27. The lowest BCUT2D eigenvalue weighted by molar-refractivity contribution is -0.151. The Morgan fingerprint density at radius 2 is 1.94 bits per heavy atom. The fourth-order valence-corrected chi connectivity index (χ4v) is 2.92. The van der Waals surface area contributed by atoms with Gasteiger partial charge in [0.25, 0.3) is 0 Å². The molecule has 0 aromatic rings. The molecule has 5 nitrogen and oxygen atoms in total. The summed E-state index contributed by atoms with van der Waals surface area (Å²) in [5.41, 5.74) is -6.93. The molecule has 2 atom stereocenters. The zero-order chi connectivity index (χ0) is 14.2. The van der Waals surface area contributed by atoms with Crippen molar-refractivity contribution in [3.05, 3.63) is 0 Å². The maximum atomic E-state index is 12.2. The number of nitrogens with one attached hydrogen (secondary N) is 1. The van der Waals surface area contributed by atoms with E-state index in [1.54, 1.807) is 0 Å². The molecule has 1 aliphatic carbocycles. The second-order valence-corrected chi connectivity index (χ2v) is 6.29. The smallest absolute Gasteiger partial charge is 0.481 e. The summed E-state index contributed by atoms with van der Waals surface area (Å²) in [5.74, 6) is -1.29. The number of hydrogen-bond acceptors (Lipinski definition) is 3. The Labute approximate surface area is 102 Å². The number of carboxylic acids is 1. The average Bonchev–Trinajstić information content (AvgIpc) is 2.19. The van der Waals surface area contributed by atoms with Crippen LogP contribution in [0.15, 0.2) is 0 Å². The van der Waals surface area contributed by atoms with E-state index >= 15 is 0 Å². The first kappa shape index (κ1) is 15.2. The van der Waals surface area contributed by atoms with Crippen LogP contribution in [0.25, 0.3) is 0 Å². The molecule has 1 fully saturated rings. The Balaban J connectivity index is 2.98. The number of carboxylic acid groups (broad SMARTS) is 1. The summed E-state index contributed by atoms with van der Waals surface area (Å²) in [6.45, 7) is 1.26. The van der Waals surface area contributed by atoms with Gasteiger partial charge in [0.05, 0.1) is 5.41 Å². The molecule has 106 valence electrons. The highest BCUT2D eigenvalue weighted by atomic mass is 32.2. The number of aliphatic carboxylic acids is 1. The van der Waals surface area contributed by atoms with Crippen molar-refractivity contribution in [3.63, 3.8) is 0 Å². The molecule has 1 saturated carbocycles. The molecular formula is C9H14F3NO4S. The SMILES string of the molecule is CC1(C(=O)O)CCCCC1NS(=O)(=O)C(F)(F)F. The van der Waals surface area contributed by atoms with Crippen LogP contribution in [0, 0.1) is 5.41 Å². The molecule has 0 amide bonds. The van der Waals surface area contributed by atoms with Crippen molar-refractivity contribution in [1.82, 2.24) is 4.72 Å². The molecule has 0 aromatic heterocycles. The molecule has 0 bridgehead atoms. The highest BCUT2D eigenvalue weighted by Crippen LogP contribution is 2.37. The van der Waals surface area contributed by atoms with Crippen molar-refractivity contribution < 1.29 is 31.5 Å². The quantitative estimate of drug-likeness (QED) is 0.824. The number of alkyl halides is 3. The van der Waals surface area contributed by atoms with Gasteiger partial charge >= 0.3 is 21.5 Å². The highest BCUT2D eigenvalue weighted by molar-refractivity contribution is 7.90. The van der Waals surface area contributed by atoms with E-state index in [1.807, 2.05) is 0 Å². The van der Waals surface area contributed by atoms with Gasteiger partial charge in [-0.15, -0.1) is 0 Å². The molecule has 1 rings (SSSR count). The van der Waals surface area contributed by atoms with Gasteiger partial charge in [0.2, 0.25) is 0 Å².